The van der Waals surface area contributed by atoms with Crippen LogP contribution in [-0.2, 0) is 17.1 Å². The molecule has 21 heavy (non-hydrogen) atoms. The molecule has 0 saturated carbocycles. The van der Waals surface area contributed by atoms with E-state index in [-0.39, 0.29) is 27.2 Å². The van der Waals surface area contributed by atoms with Crippen molar-refractivity contribution in [1.82, 2.24) is 14.9 Å². The first-order valence-electron chi connectivity index (χ1n) is 5.86. The third kappa shape index (κ3) is 3.17. The maximum Gasteiger partial charge on any atom is 0.267 e. The second kappa shape index (κ2) is 5.74. The molecule has 0 spiro atoms. The third-order valence-corrected chi connectivity index (χ3v) is 4.42. The average molecular weight is 329 g/mol. The van der Waals surface area contributed by atoms with Crippen LogP contribution in [0, 0.1) is 0 Å². The van der Waals surface area contributed by atoms with Crippen molar-refractivity contribution in [3.05, 3.63) is 41.4 Å². The zero-order chi connectivity index (χ0) is 15.6. The SMILES string of the molecule is CNC(=O)c1cc(S(=O)(=O)Nc2cnccc2Cl)cn1C. The summed E-state index contributed by atoms with van der Waals surface area (Å²) in [6.07, 6.45) is 4.10. The van der Waals surface area contributed by atoms with Crippen molar-refractivity contribution in [2.45, 2.75) is 4.90 Å². The number of nitrogens with one attached hydrogen (secondary N) is 2. The average Bonchev–Trinajstić information content (AvgIpc) is 2.83. The molecular weight excluding hydrogens is 316 g/mol. The Hall–Kier alpha value is -2.06. The molecule has 2 N–H and O–H groups in total. The van der Waals surface area contributed by atoms with E-state index in [1.165, 1.54) is 42.3 Å². The lowest BCUT2D eigenvalue weighted by atomic mass is 10.4. The van der Waals surface area contributed by atoms with Crippen LogP contribution in [0.1, 0.15) is 10.5 Å². The third-order valence-electron chi connectivity index (χ3n) is 2.76. The van der Waals surface area contributed by atoms with Crippen LogP contribution in [0.3, 0.4) is 0 Å². The topological polar surface area (TPSA) is 93.1 Å². The predicted molar refractivity (Wildman–Crippen MR) is 78.9 cm³/mol. The molecule has 0 unspecified atom stereocenters. The summed E-state index contributed by atoms with van der Waals surface area (Å²) < 4.78 is 28.3. The molecule has 9 heteroatoms. The highest BCUT2D eigenvalue weighted by Crippen LogP contribution is 2.23. The Balaban J connectivity index is 2.37. The maximum atomic E-state index is 12.3. The quantitative estimate of drug-likeness (QED) is 0.883. The van der Waals surface area contributed by atoms with Crippen molar-refractivity contribution in [3.63, 3.8) is 0 Å². The predicted octanol–water partition coefficient (Wildman–Crippen LogP) is 1.23. The van der Waals surface area contributed by atoms with Gasteiger partial charge in [-0.1, -0.05) is 11.6 Å². The molecule has 2 heterocycles. The Kier molecular flexibility index (Phi) is 4.19. The normalized spacial score (nSPS) is 11.2. The van der Waals surface area contributed by atoms with Crippen LogP contribution in [0.4, 0.5) is 5.69 Å². The van der Waals surface area contributed by atoms with E-state index in [0.717, 1.165) is 0 Å². The van der Waals surface area contributed by atoms with Crippen LogP contribution in [0.15, 0.2) is 35.6 Å². The number of carbonyl (C=O) groups excluding carboxylic acids is 1. The van der Waals surface area contributed by atoms with Gasteiger partial charge in [-0.25, -0.2) is 8.42 Å². The van der Waals surface area contributed by atoms with E-state index < -0.39 is 10.0 Å². The molecular formula is C12H13ClN4O3S. The second-order valence-corrected chi connectivity index (χ2v) is 6.30. The number of hydrogen-bond donors (Lipinski definition) is 2. The van der Waals surface area contributed by atoms with Gasteiger partial charge in [0.25, 0.3) is 15.9 Å². The van der Waals surface area contributed by atoms with Crippen molar-refractivity contribution < 1.29 is 13.2 Å². The Bertz CT molecular complexity index is 786. The number of aromatic nitrogens is 2. The molecule has 7 nitrogen and oxygen atoms in total. The lowest BCUT2D eigenvalue weighted by Gasteiger charge is -2.07. The maximum absolute atomic E-state index is 12.3. The van der Waals surface area contributed by atoms with E-state index in [4.69, 9.17) is 11.6 Å². The highest BCUT2D eigenvalue weighted by molar-refractivity contribution is 7.92. The van der Waals surface area contributed by atoms with Crippen LogP contribution in [0.25, 0.3) is 0 Å². The molecule has 2 rings (SSSR count). The van der Waals surface area contributed by atoms with E-state index in [0.29, 0.717) is 0 Å². The molecule has 0 atom stereocenters. The first-order valence-corrected chi connectivity index (χ1v) is 7.72. The molecule has 112 valence electrons. The van der Waals surface area contributed by atoms with E-state index in [1.807, 2.05) is 0 Å². The van der Waals surface area contributed by atoms with Gasteiger partial charge in [-0.05, 0) is 12.1 Å². The number of aryl methyl sites for hydroxylation is 1. The fourth-order valence-corrected chi connectivity index (χ4v) is 3.03. The summed E-state index contributed by atoms with van der Waals surface area (Å²) >= 11 is 5.89. The lowest BCUT2D eigenvalue weighted by molar-refractivity contribution is 0.0955. The van der Waals surface area contributed by atoms with Crippen molar-refractivity contribution in [2.24, 2.45) is 7.05 Å². The summed E-state index contributed by atoms with van der Waals surface area (Å²) in [5.41, 5.74) is 0.402. The van der Waals surface area contributed by atoms with Crippen LogP contribution in [0.5, 0.6) is 0 Å². The minimum absolute atomic E-state index is 0.0384. The number of sulfonamides is 1. The van der Waals surface area contributed by atoms with Crippen molar-refractivity contribution >= 4 is 33.2 Å². The highest BCUT2D eigenvalue weighted by Gasteiger charge is 2.21. The number of hydrogen-bond acceptors (Lipinski definition) is 4. The van der Waals surface area contributed by atoms with E-state index in [9.17, 15) is 13.2 Å². The Morgan fingerprint density at radius 2 is 2.14 bits per heavy atom. The Morgan fingerprint density at radius 3 is 2.76 bits per heavy atom. The summed E-state index contributed by atoms with van der Waals surface area (Å²) in [5, 5.41) is 2.67. The monoisotopic (exact) mass is 328 g/mol. The van der Waals surface area contributed by atoms with Gasteiger partial charge in [0.05, 0.1) is 16.9 Å². The molecule has 0 radical (unpaired) electrons. The smallest absolute Gasteiger partial charge is 0.267 e. The summed E-state index contributed by atoms with van der Waals surface area (Å²) in [7, 11) is -0.801. The number of halogens is 1. The number of pyridine rings is 1. The number of anilines is 1. The first-order chi connectivity index (χ1) is 9.85. The standard InChI is InChI=1S/C12H13ClN4O3S/c1-14-12(18)11-5-8(7-17(11)2)21(19,20)16-10-6-15-4-3-9(10)13/h3-7,16H,1-2H3,(H,14,18). The number of carbonyl (C=O) groups is 1. The van der Waals surface area contributed by atoms with Gasteiger partial charge in [0, 0.05) is 26.5 Å². The van der Waals surface area contributed by atoms with E-state index >= 15 is 0 Å². The molecule has 2 aromatic rings. The molecule has 0 saturated heterocycles. The van der Waals surface area contributed by atoms with E-state index in [1.54, 1.807) is 7.05 Å². The van der Waals surface area contributed by atoms with Crippen LogP contribution >= 0.6 is 11.6 Å². The molecule has 1 amide bonds. The molecule has 0 aliphatic carbocycles. The van der Waals surface area contributed by atoms with Crippen LogP contribution in [-0.4, -0.2) is 30.9 Å². The fourth-order valence-electron chi connectivity index (χ4n) is 1.69. The lowest BCUT2D eigenvalue weighted by Crippen LogP contribution is -2.20. The van der Waals surface area contributed by atoms with Gasteiger partial charge in [0.2, 0.25) is 0 Å². The molecule has 2 aromatic heterocycles. The summed E-state index contributed by atoms with van der Waals surface area (Å²) in [6.45, 7) is 0. The Morgan fingerprint density at radius 1 is 1.43 bits per heavy atom. The van der Waals surface area contributed by atoms with Crippen molar-refractivity contribution in [2.75, 3.05) is 11.8 Å². The Labute approximate surface area is 127 Å². The minimum Gasteiger partial charge on any atom is -0.354 e. The van der Waals surface area contributed by atoms with Crippen molar-refractivity contribution in [1.29, 1.82) is 0 Å². The van der Waals surface area contributed by atoms with Gasteiger partial charge >= 0.3 is 0 Å². The first kappa shape index (κ1) is 15.3. The summed E-state index contributed by atoms with van der Waals surface area (Å²) in [4.78, 5) is 15.4. The van der Waals surface area contributed by atoms with Crippen LogP contribution in [0.2, 0.25) is 5.02 Å². The second-order valence-electron chi connectivity index (χ2n) is 4.21. The molecule has 0 bridgehead atoms. The van der Waals surface area contributed by atoms with Gasteiger partial charge in [-0.3, -0.25) is 14.5 Å². The van der Waals surface area contributed by atoms with Crippen LogP contribution < -0.4 is 10.0 Å². The van der Waals surface area contributed by atoms with Gasteiger partial charge < -0.3 is 9.88 Å². The van der Waals surface area contributed by atoms with Gasteiger partial charge in [0.1, 0.15) is 10.6 Å². The number of rotatable bonds is 4. The van der Waals surface area contributed by atoms with Crippen molar-refractivity contribution in [3.8, 4) is 0 Å². The zero-order valence-electron chi connectivity index (χ0n) is 11.3. The molecule has 0 aliphatic rings. The summed E-state index contributed by atoms with van der Waals surface area (Å²) in [5.74, 6) is -0.377. The summed E-state index contributed by atoms with van der Waals surface area (Å²) in [6, 6.07) is 2.76. The molecule has 0 aromatic carbocycles. The van der Waals surface area contributed by atoms with E-state index in [2.05, 4.69) is 15.0 Å². The largest absolute Gasteiger partial charge is 0.354 e. The molecule has 0 fully saturated rings. The highest BCUT2D eigenvalue weighted by atomic mass is 35.5. The minimum atomic E-state index is -3.85. The van der Waals surface area contributed by atoms with Gasteiger partial charge in [-0.15, -0.1) is 0 Å². The van der Waals surface area contributed by atoms with Gasteiger partial charge in [-0.2, -0.15) is 0 Å². The molecule has 0 aliphatic heterocycles. The fraction of sp³-hybridized carbons (Fsp3) is 0.167. The van der Waals surface area contributed by atoms with Gasteiger partial charge in [0.15, 0.2) is 0 Å². The number of amides is 1. The number of nitrogens with zero attached hydrogens (tertiary/aromatic N) is 2. The zero-order valence-corrected chi connectivity index (χ0v) is 12.9.